The van der Waals surface area contributed by atoms with E-state index in [2.05, 4.69) is 9.88 Å². The number of ether oxygens (including phenoxy) is 1. The van der Waals surface area contributed by atoms with Crippen LogP contribution in [0.15, 0.2) is 52.5 Å². The molecule has 0 spiro atoms. The molecule has 6 N–H and O–H groups in total. The van der Waals surface area contributed by atoms with Crippen LogP contribution in [0.25, 0.3) is 0 Å². The highest BCUT2D eigenvalue weighted by Crippen LogP contribution is 2.25. The summed E-state index contributed by atoms with van der Waals surface area (Å²) in [7, 11) is -4.14. The SMILES string of the molecule is Cc1cccc(Cl)c1S(=O)(=O)NC(Cc1ccc(OCCCON=C(N)N)cc1)C(=O)O. The van der Waals surface area contributed by atoms with Gasteiger partial charge in [0.2, 0.25) is 16.0 Å². The van der Waals surface area contributed by atoms with Crippen molar-refractivity contribution in [3.05, 3.63) is 58.6 Å². The number of hydrogen-bond donors (Lipinski definition) is 4. The van der Waals surface area contributed by atoms with Gasteiger partial charge >= 0.3 is 5.97 Å². The minimum absolute atomic E-state index is 0.0202. The van der Waals surface area contributed by atoms with Crippen LogP contribution in [0.5, 0.6) is 5.75 Å². The predicted octanol–water partition coefficient (Wildman–Crippen LogP) is 1.60. The molecule has 1 atom stereocenters. The first kappa shape index (κ1) is 25.2. The zero-order valence-corrected chi connectivity index (χ0v) is 18.9. The van der Waals surface area contributed by atoms with Gasteiger partial charge in [-0.15, -0.1) is 0 Å². The van der Waals surface area contributed by atoms with Crippen LogP contribution in [0.3, 0.4) is 0 Å². The zero-order chi connectivity index (χ0) is 23.7. The second-order valence-electron chi connectivity index (χ2n) is 6.80. The van der Waals surface area contributed by atoms with E-state index in [1.165, 1.54) is 6.07 Å². The van der Waals surface area contributed by atoms with Gasteiger partial charge in [0.05, 0.1) is 11.6 Å². The van der Waals surface area contributed by atoms with Crippen molar-refractivity contribution in [2.45, 2.75) is 30.7 Å². The third-order valence-corrected chi connectivity index (χ3v) is 6.31. The van der Waals surface area contributed by atoms with Crippen molar-refractivity contribution in [1.82, 2.24) is 4.72 Å². The Hall–Kier alpha value is -3.02. The highest BCUT2D eigenvalue weighted by molar-refractivity contribution is 7.89. The van der Waals surface area contributed by atoms with E-state index in [1.807, 2.05) is 0 Å². The maximum atomic E-state index is 12.8. The Kier molecular flexibility index (Phi) is 9.12. The van der Waals surface area contributed by atoms with Crippen molar-refractivity contribution in [3.63, 3.8) is 0 Å². The third kappa shape index (κ3) is 7.59. The summed E-state index contributed by atoms with van der Waals surface area (Å²) in [4.78, 5) is 16.4. The first-order valence-electron chi connectivity index (χ1n) is 9.53. The molecule has 0 radical (unpaired) electrons. The van der Waals surface area contributed by atoms with Crippen molar-refractivity contribution in [1.29, 1.82) is 0 Å². The first-order valence-corrected chi connectivity index (χ1v) is 11.4. The number of aliphatic carboxylic acids is 1. The summed E-state index contributed by atoms with van der Waals surface area (Å²) >= 11 is 6.03. The lowest BCUT2D eigenvalue weighted by molar-refractivity contribution is -0.138. The summed E-state index contributed by atoms with van der Waals surface area (Å²) in [5.41, 5.74) is 11.3. The molecule has 0 aliphatic heterocycles. The molecule has 0 aliphatic rings. The van der Waals surface area contributed by atoms with E-state index in [4.69, 9.17) is 32.6 Å². The number of hydrogen-bond acceptors (Lipinski definition) is 6. The van der Waals surface area contributed by atoms with Crippen LogP contribution in [0.2, 0.25) is 5.02 Å². The lowest BCUT2D eigenvalue weighted by atomic mass is 10.1. The number of sulfonamides is 1. The van der Waals surface area contributed by atoms with Crippen molar-refractivity contribution in [3.8, 4) is 5.75 Å². The second-order valence-corrected chi connectivity index (χ2v) is 8.86. The van der Waals surface area contributed by atoms with Crippen molar-refractivity contribution in [2.24, 2.45) is 16.6 Å². The van der Waals surface area contributed by atoms with Crippen LogP contribution in [-0.4, -0.2) is 44.7 Å². The van der Waals surface area contributed by atoms with Crippen molar-refractivity contribution in [2.75, 3.05) is 13.2 Å². The number of nitrogens with one attached hydrogen (secondary N) is 1. The quantitative estimate of drug-likeness (QED) is 0.152. The smallest absolute Gasteiger partial charge is 0.322 e. The lowest BCUT2D eigenvalue weighted by Crippen LogP contribution is -2.42. The van der Waals surface area contributed by atoms with E-state index >= 15 is 0 Å². The molecule has 1 unspecified atom stereocenters. The fourth-order valence-corrected chi connectivity index (χ4v) is 4.79. The van der Waals surface area contributed by atoms with Gasteiger partial charge in [-0.05, 0) is 47.8 Å². The van der Waals surface area contributed by atoms with E-state index in [-0.39, 0.29) is 28.9 Å². The largest absolute Gasteiger partial charge is 0.493 e. The topological polar surface area (TPSA) is 166 Å². The highest BCUT2D eigenvalue weighted by Gasteiger charge is 2.28. The maximum absolute atomic E-state index is 12.8. The van der Waals surface area contributed by atoms with Gasteiger partial charge in [-0.2, -0.15) is 4.72 Å². The Morgan fingerprint density at radius 3 is 2.47 bits per heavy atom. The molecule has 10 nitrogen and oxygen atoms in total. The molecule has 2 rings (SSSR count). The third-order valence-electron chi connectivity index (χ3n) is 4.21. The number of guanidine groups is 1. The van der Waals surface area contributed by atoms with E-state index in [1.54, 1.807) is 43.3 Å². The molecule has 0 aromatic heterocycles. The molecule has 2 aromatic rings. The summed E-state index contributed by atoms with van der Waals surface area (Å²) in [6, 6.07) is 9.91. The molecular formula is C20H25ClN4O6S. The summed E-state index contributed by atoms with van der Waals surface area (Å²) in [5.74, 6) is -0.903. The number of rotatable bonds is 12. The number of oxime groups is 1. The van der Waals surface area contributed by atoms with Gasteiger partial charge in [0.15, 0.2) is 0 Å². The normalized spacial score (nSPS) is 12.1. The van der Waals surface area contributed by atoms with Crippen LogP contribution < -0.4 is 20.9 Å². The van der Waals surface area contributed by atoms with E-state index in [0.717, 1.165) is 0 Å². The van der Waals surface area contributed by atoms with Crippen molar-refractivity contribution < 1.29 is 27.9 Å². The number of nitrogens with zero attached hydrogens (tertiary/aromatic N) is 1. The maximum Gasteiger partial charge on any atom is 0.322 e. The molecular weight excluding hydrogens is 460 g/mol. The standard InChI is InChI=1S/C20H25ClN4O6S/c1-13-4-2-5-16(21)18(13)32(28,29)25-17(19(26)27)12-14-6-8-15(9-7-14)30-10-3-11-31-24-20(22)23/h2,4-9,17,25H,3,10-12H2,1H3,(H,26,27)(H4,22,23,24). The van der Waals surface area contributed by atoms with Gasteiger partial charge in [-0.1, -0.05) is 35.9 Å². The molecule has 174 valence electrons. The van der Waals surface area contributed by atoms with Gasteiger partial charge in [0, 0.05) is 6.42 Å². The fraction of sp³-hybridized carbons (Fsp3) is 0.300. The van der Waals surface area contributed by atoms with Crippen LogP contribution in [0.4, 0.5) is 0 Å². The average molecular weight is 485 g/mol. The van der Waals surface area contributed by atoms with Crippen molar-refractivity contribution >= 4 is 33.6 Å². The summed E-state index contributed by atoms with van der Waals surface area (Å²) < 4.78 is 33.3. The lowest BCUT2D eigenvalue weighted by Gasteiger charge is -2.17. The Labute approximate surface area is 191 Å². The second kappa shape index (κ2) is 11.6. The van der Waals surface area contributed by atoms with Crippen LogP contribution in [0, 0.1) is 6.92 Å². The molecule has 0 heterocycles. The van der Waals surface area contributed by atoms with E-state index < -0.39 is 22.0 Å². The van der Waals surface area contributed by atoms with Crippen LogP contribution in [0.1, 0.15) is 17.5 Å². The predicted molar refractivity (Wildman–Crippen MR) is 120 cm³/mol. The van der Waals surface area contributed by atoms with Crippen LogP contribution in [-0.2, 0) is 26.1 Å². The highest BCUT2D eigenvalue weighted by atomic mass is 35.5. The van der Waals surface area contributed by atoms with Gasteiger partial charge in [0.25, 0.3) is 0 Å². The first-order chi connectivity index (χ1) is 15.1. The van der Waals surface area contributed by atoms with E-state index in [9.17, 15) is 18.3 Å². The Balaban J connectivity index is 1.98. The number of benzene rings is 2. The number of nitrogens with two attached hydrogens (primary N) is 2. The number of carboxylic acid groups (broad SMARTS) is 1. The molecule has 2 aromatic carbocycles. The molecule has 0 amide bonds. The molecule has 0 aliphatic carbocycles. The number of carbonyl (C=O) groups is 1. The molecule has 0 saturated heterocycles. The van der Waals surface area contributed by atoms with E-state index in [0.29, 0.717) is 29.9 Å². The number of carboxylic acids is 1. The Morgan fingerprint density at radius 2 is 1.88 bits per heavy atom. The van der Waals surface area contributed by atoms with Gasteiger partial charge in [-0.3, -0.25) is 4.79 Å². The molecule has 12 heteroatoms. The Bertz CT molecular complexity index is 1040. The summed E-state index contributed by atoms with van der Waals surface area (Å²) in [5, 5.41) is 12.9. The molecule has 0 fully saturated rings. The minimum atomic E-state index is -4.14. The van der Waals surface area contributed by atoms with Gasteiger partial charge in [-0.25, -0.2) is 8.42 Å². The zero-order valence-electron chi connectivity index (χ0n) is 17.3. The number of aryl methyl sites for hydroxylation is 1. The summed E-state index contributed by atoms with van der Waals surface area (Å²) in [6.45, 7) is 2.22. The molecule has 0 bridgehead atoms. The Morgan fingerprint density at radius 1 is 1.19 bits per heavy atom. The number of halogens is 1. The van der Waals surface area contributed by atoms with Crippen LogP contribution >= 0.6 is 11.6 Å². The molecule has 32 heavy (non-hydrogen) atoms. The molecule has 0 saturated carbocycles. The van der Waals surface area contributed by atoms with Gasteiger partial charge < -0.3 is 26.1 Å². The minimum Gasteiger partial charge on any atom is -0.493 e. The van der Waals surface area contributed by atoms with Gasteiger partial charge in [0.1, 0.15) is 23.3 Å². The summed E-state index contributed by atoms with van der Waals surface area (Å²) in [6.07, 6.45) is 0.480. The monoisotopic (exact) mass is 484 g/mol. The fourth-order valence-electron chi connectivity index (χ4n) is 2.77. The average Bonchev–Trinajstić information content (AvgIpc) is 2.70.